The summed E-state index contributed by atoms with van der Waals surface area (Å²) in [6, 6.07) is 0. The van der Waals surface area contributed by atoms with Gasteiger partial charge in [0.05, 0.1) is 5.60 Å². The van der Waals surface area contributed by atoms with Gasteiger partial charge in [0.1, 0.15) is 0 Å². The average molecular weight is 215 g/mol. The van der Waals surface area contributed by atoms with Gasteiger partial charge in [0.15, 0.2) is 0 Å². The molecule has 1 N–H and O–H groups in total. The third-order valence-electron chi connectivity index (χ3n) is 2.03. The van der Waals surface area contributed by atoms with Crippen LogP contribution in [0, 0.1) is 0 Å². The minimum absolute atomic E-state index is 0.314. The van der Waals surface area contributed by atoms with Gasteiger partial charge in [0.2, 0.25) is 6.41 Å². The Bertz CT molecular complexity index is 175. The van der Waals surface area contributed by atoms with E-state index in [1.807, 2.05) is 38.7 Å². The van der Waals surface area contributed by atoms with E-state index < -0.39 is 6.41 Å². The number of rotatable bonds is 7. The third-order valence-corrected chi connectivity index (χ3v) is 2.03. The molecule has 90 valence electrons. The number of hydrogen-bond donors (Lipinski definition) is 1. The van der Waals surface area contributed by atoms with Gasteiger partial charge in [-0.25, -0.2) is 0 Å². The number of allylic oxidation sites excluding steroid dienone is 1. The van der Waals surface area contributed by atoms with E-state index >= 15 is 0 Å². The van der Waals surface area contributed by atoms with Crippen molar-refractivity contribution in [2.45, 2.75) is 52.6 Å². The van der Waals surface area contributed by atoms with Crippen LogP contribution in [0.3, 0.4) is 0 Å². The smallest absolute Gasteiger partial charge is 0.216 e. The molecule has 0 heterocycles. The summed E-state index contributed by atoms with van der Waals surface area (Å²) < 4.78 is 5.48. The number of aliphatic hydroxyl groups is 1. The minimum atomic E-state index is -0.806. The minimum Gasteiger partial charge on any atom is -0.356 e. The van der Waals surface area contributed by atoms with Crippen molar-refractivity contribution in [2.75, 3.05) is 13.1 Å². The fraction of sp³-hybridized carbons (Fsp3) is 0.833. The van der Waals surface area contributed by atoms with Crippen molar-refractivity contribution in [3.8, 4) is 0 Å². The van der Waals surface area contributed by atoms with E-state index in [0.717, 1.165) is 25.9 Å². The summed E-state index contributed by atoms with van der Waals surface area (Å²) in [5, 5.41) is 9.82. The Kier molecular flexibility index (Phi) is 6.81. The highest BCUT2D eigenvalue weighted by molar-refractivity contribution is 4.68. The summed E-state index contributed by atoms with van der Waals surface area (Å²) >= 11 is 0. The Morgan fingerprint density at radius 3 is 2.47 bits per heavy atom. The normalized spacial score (nSPS) is 14.3. The van der Waals surface area contributed by atoms with Crippen LogP contribution in [0.4, 0.5) is 0 Å². The van der Waals surface area contributed by atoms with E-state index in [4.69, 9.17) is 4.74 Å². The number of unbranched alkanes of at least 4 members (excludes halogenated alkanes) is 1. The van der Waals surface area contributed by atoms with Crippen molar-refractivity contribution >= 4 is 0 Å². The van der Waals surface area contributed by atoms with E-state index in [9.17, 15) is 5.11 Å². The molecule has 0 amide bonds. The molecule has 3 nitrogen and oxygen atoms in total. The Balaban J connectivity index is 3.98. The monoisotopic (exact) mass is 215 g/mol. The van der Waals surface area contributed by atoms with Crippen LogP contribution in [0.25, 0.3) is 0 Å². The Morgan fingerprint density at radius 2 is 2.07 bits per heavy atom. The lowest BCUT2D eigenvalue weighted by atomic mass is 10.2. The maximum absolute atomic E-state index is 9.82. The lowest BCUT2D eigenvalue weighted by Crippen LogP contribution is -2.42. The SMILES string of the molecule is C=CCCCN(CC)C(O)OC(C)(C)C. The molecule has 15 heavy (non-hydrogen) atoms. The van der Waals surface area contributed by atoms with Crippen molar-refractivity contribution in [1.82, 2.24) is 4.90 Å². The molecule has 0 saturated heterocycles. The van der Waals surface area contributed by atoms with E-state index in [0.29, 0.717) is 0 Å². The summed E-state index contributed by atoms with van der Waals surface area (Å²) in [7, 11) is 0. The van der Waals surface area contributed by atoms with Gasteiger partial charge in [-0.2, -0.15) is 0 Å². The van der Waals surface area contributed by atoms with Gasteiger partial charge in [-0.3, -0.25) is 4.90 Å². The van der Waals surface area contributed by atoms with Crippen molar-refractivity contribution in [1.29, 1.82) is 0 Å². The predicted molar refractivity (Wildman–Crippen MR) is 63.5 cm³/mol. The van der Waals surface area contributed by atoms with Gasteiger partial charge in [-0.15, -0.1) is 6.58 Å². The molecule has 0 bridgehead atoms. The van der Waals surface area contributed by atoms with Crippen LogP contribution in [-0.2, 0) is 4.74 Å². The van der Waals surface area contributed by atoms with Crippen molar-refractivity contribution < 1.29 is 9.84 Å². The lowest BCUT2D eigenvalue weighted by molar-refractivity contribution is -0.238. The van der Waals surface area contributed by atoms with Gasteiger partial charge >= 0.3 is 0 Å². The van der Waals surface area contributed by atoms with Gasteiger partial charge in [-0.1, -0.05) is 13.0 Å². The van der Waals surface area contributed by atoms with E-state index in [-0.39, 0.29) is 5.60 Å². The molecular weight excluding hydrogens is 190 g/mol. The van der Waals surface area contributed by atoms with Crippen LogP contribution in [0.2, 0.25) is 0 Å². The van der Waals surface area contributed by atoms with Crippen LogP contribution in [-0.4, -0.2) is 35.1 Å². The highest BCUT2D eigenvalue weighted by Gasteiger charge is 2.20. The largest absolute Gasteiger partial charge is 0.356 e. The Labute approximate surface area is 93.7 Å². The first kappa shape index (κ1) is 14.6. The fourth-order valence-electron chi connectivity index (χ4n) is 1.25. The van der Waals surface area contributed by atoms with Crippen LogP contribution in [0.5, 0.6) is 0 Å². The molecule has 0 fully saturated rings. The van der Waals surface area contributed by atoms with Gasteiger partial charge in [0.25, 0.3) is 0 Å². The standard InChI is InChI=1S/C12H25NO2/c1-6-8-9-10-13(7-2)11(14)15-12(3,4)5/h6,11,14H,1,7-10H2,2-5H3. The Morgan fingerprint density at radius 1 is 1.47 bits per heavy atom. The van der Waals surface area contributed by atoms with Crippen molar-refractivity contribution in [3.05, 3.63) is 12.7 Å². The molecular formula is C12H25NO2. The summed E-state index contributed by atoms with van der Waals surface area (Å²) in [6.07, 6.45) is 3.06. The van der Waals surface area contributed by atoms with Crippen molar-refractivity contribution in [2.24, 2.45) is 0 Å². The predicted octanol–water partition coefficient (Wildman–Crippen LogP) is 2.37. The molecule has 0 aliphatic rings. The first-order valence-corrected chi connectivity index (χ1v) is 5.61. The van der Waals surface area contributed by atoms with Crippen LogP contribution in [0.1, 0.15) is 40.5 Å². The molecule has 0 spiro atoms. The molecule has 1 atom stereocenters. The quantitative estimate of drug-likeness (QED) is 0.402. The lowest BCUT2D eigenvalue weighted by Gasteiger charge is -2.31. The van der Waals surface area contributed by atoms with Crippen LogP contribution in [0.15, 0.2) is 12.7 Å². The zero-order chi connectivity index (χ0) is 11.9. The maximum Gasteiger partial charge on any atom is 0.216 e. The molecule has 0 radical (unpaired) electrons. The van der Waals surface area contributed by atoms with Gasteiger partial charge in [-0.05, 0) is 40.2 Å². The molecule has 0 aromatic carbocycles. The molecule has 0 rings (SSSR count). The van der Waals surface area contributed by atoms with E-state index in [2.05, 4.69) is 6.58 Å². The summed E-state index contributed by atoms with van der Waals surface area (Å²) in [5.41, 5.74) is -0.314. The highest BCUT2D eigenvalue weighted by atomic mass is 16.6. The second-order valence-corrected chi connectivity index (χ2v) is 4.62. The zero-order valence-electron chi connectivity index (χ0n) is 10.5. The van der Waals surface area contributed by atoms with Crippen LogP contribution < -0.4 is 0 Å². The number of ether oxygens (including phenoxy) is 1. The average Bonchev–Trinajstić information content (AvgIpc) is 2.09. The first-order chi connectivity index (χ1) is 6.90. The summed E-state index contributed by atoms with van der Waals surface area (Å²) in [5.74, 6) is 0. The first-order valence-electron chi connectivity index (χ1n) is 5.61. The van der Waals surface area contributed by atoms with Crippen molar-refractivity contribution in [3.63, 3.8) is 0 Å². The number of aliphatic hydroxyl groups excluding tert-OH is 1. The summed E-state index contributed by atoms with van der Waals surface area (Å²) in [6.45, 7) is 13.1. The van der Waals surface area contributed by atoms with Gasteiger partial charge in [0, 0.05) is 6.54 Å². The van der Waals surface area contributed by atoms with E-state index in [1.54, 1.807) is 0 Å². The maximum atomic E-state index is 9.82. The second-order valence-electron chi connectivity index (χ2n) is 4.62. The third kappa shape index (κ3) is 7.54. The molecule has 0 aromatic rings. The zero-order valence-corrected chi connectivity index (χ0v) is 10.5. The molecule has 0 aliphatic carbocycles. The number of nitrogens with zero attached hydrogens (tertiary/aromatic N) is 1. The molecule has 3 heteroatoms. The molecule has 0 aromatic heterocycles. The molecule has 1 unspecified atom stereocenters. The molecule has 0 aliphatic heterocycles. The topological polar surface area (TPSA) is 32.7 Å². The fourth-order valence-corrected chi connectivity index (χ4v) is 1.25. The Hall–Kier alpha value is -0.380. The second kappa shape index (κ2) is 6.99. The van der Waals surface area contributed by atoms with E-state index in [1.165, 1.54) is 0 Å². The number of hydrogen-bond acceptors (Lipinski definition) is 3. The molecule has 0 saturated carbocycles. The van der Waals surface area contributed by atoms with Crippen LogP contribution >= 0.6 is 0 Å². The highest BCUT2D eigenvalue weighted by Crippen LogP contribution is 2.12. The van der Waals surface area contributed by atoms with Gasteiger partial charge < -0.3 is 9.84 Å². The summed E-state index contributed by atoms with van der Waals surface area (Å²) in [4.78, 5) is 1.91.